The number of allylic oxidation sites excluding steroid dienone is 1. The summed E-state index contributed by atoms with van der Waals surface area (Å²) in [6, 6.07) is 0.800. The average Bonchev–Trinajstić information content (AvgIpc) is 2.24. The molecular formula is C14H27N. The van der Waals surface area contributed by atoms with Gasteiger partial charge >= 0.3 is 0 Å². The minimum Gasteiger partial charge on any atom is -0.314 e. The summed E-state index contributed by atoms with van der Waals surface area (Å²) >= 11 is 0. The van der Waals surface area contributed by atoms with Crippen molar-refractivity contribution in [3.05, 3.63) is 12.2 Å². The van der Waals surface area contributed by atoms with Gasteiger partial charge in [0, 0.05) is 6.04 Å². The fourth-order valence-electron chi connectivity index (χ4n) is 2.54. The number of hydrogen-bond donors (Lipinski definition) is 1. The van der Waals surface area contributed by atoms with Crippen molar-refractivity contribution in [3.8, 4) is 0 Å². The molecule has 1 rings (SSSR count). The normalized spacial score (nSPS) is 26.5. The van der Waals surface area contributed by atoms with Crippen molar-refractivity contribution in [3.63, 3.8) is 0 Å². The van der Waals surface area contributed by atoms with E-state index in [-0.39, 0.29) is 0 Å². The highest BCUT2D eigenvalue weighted by Crippen LogP contribution is 2.28. The largest absolute Gasteiger partial charge is 0.314 e. The summed E-state index contributed by atoms with van der Waals surface area (Å²) in [5, 5.41) is 3.67. The third kappa shape index (κ3) is 5.36. The molecule has 2 atom stereocenters. The Bertz CT molecular complexity index is 186. The van der Waals surface area contributed by atoms with Crippen LogP contribution >= 0.6 is 0 Å². The second-order valence-corrected chi connectivity index (χ2v) is 5.18. The summed E-state index contributed by atoms with van der Waals surface area (Å²) < 4.78 is 0. The topological polar surface area (TPSA) is 12.0 Å². The zero-order valence-corrected chi connectivity index (χ0v) is 10.5. The number of hydrogen-bond acceptors (Lipinski definition) is 1. The molecule has 0 spiro atoms. The van der Waals surface area contributed by atoms with Gasteiger partial charge < -0.3 is 5.32 Å². The lowest BCUT2D eigenvalue weighted by atomic mass is 9.82. The van der Waals surface area contributed by atoms with E-state index < -0.39 is 0 Å². The summed E-state index contributed by atoms with van der Waals surface area (Å²) in [6.45, 7) is 9.58. The molecule has 0 saturated heterocycles. The summed E-state index contributed by atoms with van der Waals surface area (Å²) in [5.41, 5.74) is 1.35. The summed E-state index contributed by atoms with van der Waals surface area (Å²) in [4.78, 5) is 0. The minimum atomic E-state index is 0.800. The van der Waals surface area contributed by atoms with Gasteiger partial charge in [-0.3, -0.25) is 0 Å². The maximum absolute atomic E-state index is 3.99. The number of rotatable bonds is 6. The van der Waals surface area contributed by atoms with Gasteiger partial charge in [0.1, 0.15) is 0 Å². The molecule has 1 fully saturated rings. The molecule has 0 radical (unpaired) electrons. The Labute approximate surface area is 95.3 Å². The summed E-state index contributed by atoms with van der Waals surface area (Å²) in [7, 11) is 0. The minimum absolute atomic E-state index is 0.800. The van der Waals surface area contributed by atoms with E-state index in [9.17, 15) is 0 Å². The van der Waals surface area contributed by atoms with E-state index in [1.165, 1.54) is 57.1 Å². The van der Waals surface area contributed by atoms with Crippen molar-refractivity contribution in [2.24, 2.45) is 5.92 Å². The molecule has 1 saturated carbocycles. The van der Waals surface area contributed by atoms with E-state index in [1.54, 1.807) is 0 Å². The quantitative estimate of drug-likeness (QED) is 0.654. The molecule has 0 aromatic carbocycles. The van der Waals surface area contributed by atoms with Gasteiger partial charge in [0.25, 0.3) is 0 Å². The van der Waals surface area contributed by atoms with E-state index in [2.05, 4.69) is 25.7 Å². The first-order chi connectivity index (χ1) is 7.22. The molecule has 2 unspecified atom stereocenters. The van der Waals surface area contributed by atoms with Gasteiger partial charge in [-0.1, -0.05) is 25.3 Å². The van der Waals surface area contributed by atoms with Crippen LogP contribution in [0.4, 0.5) is 0 Å². The van der Waals surface area contributed by atoms with E-state index >= 15 is 0 Å². The fourth-order valence-corrected chi connectivity index (χ4v) is 2.54. The third-order valence-corrected chi connectivity index (χ3v) is 3.45. The zero-order chi connectivity index (χ0) is 11.1. The smallest absolute Gasteiger partial charge is 0.00697 e. The molecule has 88 valence electrons. The summed E-state index contributed by atoms with van der Waals surface area (Å²) in [6.07, 6.45) is 9.49. The highest BCUT2D eigenvalue weighted by molar-refractivity contribution is 4.89. The van der Waals surface area contributed by atoms with Crippen LogP contribution in [0.1, 0.15) is 58.8 Å². The van der Waals surface area contributed by atoms with Crippen molar-refractivity contribution in [2.75, 3.05) is 6.54 Å². The Hall–Kier alpha value is -0.300. The third-order valence-electron chi connectivity index (χ3n) is 3.45. The van der Waals surface area contributed by atoms with Crippen LogP contribution in [0, 0.1) is 5.92 Å². The maximum Gasteiger partial charge on any atom is 0.00697 e. The molecule has 1 nitrogen and oxygen atoms in total. The van der Waals surface area contributed by atoms with Gasteiger partial charge in [-0.15, -0.1) is 6.58 Å². The van der Waals surface area contributed by atoms with Gasteiger partial charge in [-0.25, -0.2) is 0 Å². The van der Waals surface area contributed by atoms with Crippen molar-refractivity contribution >= 4 is 0 Å². The maximum atomic E-state index is 3.99. The standard InChI is InChI=1S/C14H27N/c1-4-10-15-14-7-5-6-13(11-14)9-8-12(2)3/h13-15H,2,4-11H2,1,3H3. The van der Waals surface area contributed by atoms with Crippen LogP contribution in [0.15, 0.2) is 12.2 Å². The molecule has 0 aliphatic heterocycles. The monoisotopic (exact) mass is 209 g/mol. The second kappa shape index (κ2) is 7.05. The second-order valence-electron chi connectivity index (χ2n) is 5.18. The molecular weight excluding hydrogens is 182 g/mol. The molecule has 1 heteroatoms. The fraction of sp³-hybridized carbons (Fsp3) is 0.857. The molecule has 1 aliphatic rings. The first kappa shape index (κ1) is 12.8. The highest BCUT2D eigenvalue weighted by Gasteiger charge is 2.20. The molecule has 0 amide bonds. The van der Waals surface area contributed by atoms with Gasteiger partial charge in [0.2, 0.25) is 0 Å². The van der Waals surface area contributed by atoms with E-state index in [0.717, 1.165) is 12.0 Å². The first-order valence-electron chi connectivity index (χ1n) is 6.60. The molecule has 0 bridgehead atoms. The lowest BCUT2D eigenvalue weighted by molar-refractivity contribution is 0.274. The average molecular weight is 209 g/mol. The molecule has 1 aliphatic carbocycles. The molecule has 0 heterocycles. The molecule has 15 heavy (non-hydrogen) atoms. The Balaban J connectivity index is 2.19. The van der Waals surface area contributed by atoms with Gasteiger partial charge in [-0.2, -0.15) is 0 Å². The van der Waals surface area contributed by atoms with Crippen LogP contribution in [0.25, 0.3) is 0 Å². The first-order valence-corrected chi connectivity index (χ1v) is 6.60. The molecule has 0 aromatic heterocycles. The van der Waals surface area contributed by atoms with Gasteiger partial charge in [-0.05, 0) is 51.5 Å². The van der Waals surface area contributed by atoms with Crippen LogP contribution in [0.2, 0.25) is 0 Å². The Morgan fingerprint density at radius 1 is 1.40 bits per heavy atom. The van der Waals surface area contributed by atoms with Gasteiger partial charge in [0.05, 0.1) is 0 Å². The predicted molar refractivity (Wildman–Crippen MR) is 68.1 cm³/mol. The lowest BCUT2D eigenvalue weighted by Crippen LogP contribution is -2.34. The molecule has 1 N–H and O–H groups in total. The van der Waals surface area contributed by atoms with Crippen LogP contribution in [0.5, 0.6) is 0 Å². The predicted octanol–water partition coefficient (Wildman–Crippen LogP) is 3.90. The summed E-state index contributed by atoms with van der Waals surface area (Å²) in [5.74, 6) is 0.949. The zero-order valence-electron chi connectivity index (χ0n) is 10.5. The van der Waals surface area contributed by atoms with Gasteiger partial charge in [0.15, 0.2) is 0 Å². The van der Waals surface area contributed by atoms with E-state index in [1.807, 2.05) is 0 Å². The van der Waals surface area contributed by atoms with Crippen LogP contribution in [-0.2, 0) is 0 Å². The Morgan fingerprint density at radius 2 is 2.20 bits per heavy atom. The van der Waals surface area contributed by atoms with E-state index in [4.69, 9.17) is 0 Å². The number of nitrogens with one attached hydrogen (secondary N) is 1. The molecule has 0 aromatic rings. The van der Waals surface area contributed by atoms with Crippen molar-refractivity contribution in [1.82, 2.24) is 5.32 Å². The van der Waals surface area contributed by atoms with Crippen molar-refractivity contribution in [1.29, 1.82) is 0 Å². The SMILES string of the molecule is C=C(C)CCC1CCCC(NCCC)C1. The lowest BCUT2D eigenvalue weighted by Gasteiger charge is -2.30. The van der Waals surface area contributed by atoms with Crippen LogP contribution in [-0.4, -0.2) is 12.6 Å². The Morgan fingerprint density at radius 3 is 2.87 bits per heavy atom. The van der Waals surface area contributed by atoms with Crippen molar-refractivity contribution < 1.29 is 0 Å². The Kier molecular flexibility index (Phi) is 6.00. The van der Waals surface area contributed by atoms with Crippen LogP contribution in [0.3, 0.4) is 0 Å². The van der Waals surface area contributed by atoms with Crippen LogP contribution < -0.4 is 5.32 Å². The highest BCUT2D eigenvalue weighted by atomic mass is 14.9. The van der Waals surface area contributed by atoms with E-state index in [0.29, 0.717) is 0 Å². The van der Waals surface area contributed by atoms with Crippen molar-refractivity contribution in [2.45, 2.75) is 64.8 Å².